The summed E-state index contributed by atoms with van der Waals surface area (Å²) in [6.07, 6.45) is -1.59. The van der Waals surface area contributed by atoms with Crippen LogP contribution in [0.3, 0.4) is 0 Å². The molecule has 2 rings (SSSR count). The minimum absolute atomic E-state index is 0.0613. The quantitative estimate of drug-likeness (QED) is 0.217. The highest BCUT2D eigenvalue weighted by atomic mass is 19.4. The topological polar surface area (TPSA) is 52.6 Å². The Morgan fingerprint density at radius 1 is 0.963 bits per heavy atom. The van der Waals surface area contributed by atoms with Crippen molar-refractivity contribution in [2.75, 3.05) is 6.61 Å². The first kappa shape index (κ1) is 20.2. The minimum Gasteiger partial charge on any atom is -0.494 e. The van der Waals surface area contributed by atoms with Crippen LogP contribution in [0.5, 0.6) is 11.5 Å². The van der Waals surface area contributed by atoms with E-state index in [9.17, 15) is 22.8 Å². The number of alkyl halides is 3. The van der Waals surface area contributed by atoms with Gasteiger partial charge in [-0.2, -0.15) is 13.2 Å². The number of benzene rings is 2. The molecule has 0 radical (unpaired) electrons. The molecule has 0 aromatic heterocycles. The Balaban J connectivity index is 1.86. The lowest BCUT2D eigenvalue weighted by Gasteiger charge is -2.09. The summed E-state index contributed by atoms with van der Waals surface area (Å²) < 4.78 is 46.6. The Kier molecular flexibility index (Phi) is 7.16. The lowest BCUT2D eigenvalue weighted by molar-refractivity contribution is -0.136. The number of esters is 1. The van der Waals surface area contributed by atoms with Gasteiger partial charge in [-0.3, -0.25) is 4.79 Å². The molecule has 7 heteroatoms. The van der Waals surface area contributed by atoms with E-state index in [0.717, 1.165) is 5.56 Å². The van der Waals surface area contributed by atoms with Crippen LogP contribution >= 0.6 is 0 Å². The van der Waals surface area contributed by atoms with Gasteiger partial charge in [-0.25, -0.2) is 4.79 Å². The molecular weight excluding hydrogens is 361 g/mol. The molecule has 0 aliphatic heterocycles. The Morgan fingerprint density at radius 2 is 1.59 bits per heavy atom. The Hall–Kier alpha value is -3.09. The van der Waals surface area contributed by atoms with Gasteiger partial charge in [0.2, 0.25) is 0 Å². The zero-order valence-corrected chi connectivity index (χ0v) is 14.2. The van der Waals surface area contributed by atoms with Crippen LogP contribution in [0.15, 0.2) is 54.6 Å². The van der Waals surface area contributed by atoms with Crippen LogP contribution in [0.1, 0.15) is 28.8 Å². The van der Waals surface area contributed by atoms with Crippen LogP contribution < -0.4 is 9.47 Å². The van der Waals surface area contributed by atoms with E-state index in [1.54, 1.807) is 30.3 Å². The summed E-state index contributed by atoms with van der Waals surface area (Å²) in [5, 5.41) is 0. The fourth-order valence-electron chi connectivity index (χ4n) is 2.11. The summed E-state index contributed by atoms with van der Waals surface area (Å²) in [5.41, 5.74) is 1.07. The highest BCUT2D eigenvalue weighted by Gasteiger charge is 2.26. The van der Waals surface area contributed by atoms with Crippen molar-refractivity contribution in [2.24, 2.45) is 0 Å². The van der Waals surface area contributed by atoms with E-state index in [1.165, 1.54) is 30.3 Å². The maximum atomic E-state index is 12.1. The van der Waals surface area contributed by atoms with E-state index in [-0.39, 0.29) is 18.6 Å². The summed E-state index contributed by atoms with van der Waals surface area (Å²) in [4.78, 5) is 22.4. The first-order valence-electron chi connectivity index (χ1n) is 8.11. The van der Waals surface area contributed by atoms with Gasteiger partial charge in [-0.05, 0) is 54.5 Å². The van der Waals surface area contributed by atoms with Gasteiger partial charge in [0.25, 0.3) is 0 Å². The summed E-state index contributed by atoms with van der Waals surface area (Å²) in [6, 6.07) is 12.5. The maximum absolute atomic E-state index is 12.1. The lowest BCUT2D eigenvalue weighted by atomic mass is 10.2. The molecule has 0 spiro atoms. The number of allylic oxidation sites excluding steroid dienone is 1. The molecule has 27 heavy (non-hydrogen) atoms. The molecule has 0 saturated heterocycles. The van der Waals surface area contributed by atoms with E-state index in [0.29, 0.717) is 17.8 Å². The van der Waals surface area contributed by atoms with Gasteiger partial charge >= 0.3 is 12.1 Å². The fraction of sp³-hybridized carbons (Fsp3) is 0.200. The number of carbonyl (C=O) groups excluding carboxylic acids is 2. The highest BCUT2D eigenvalue weighted by Crippen LogP contribution is 2.22. The van der Waals surface area contributed by atoms with Crippen molar-refractivity contribution < 1.29 is 32.2 Å². The van der Waals surface area contributed by atoms with Crippen LogP contribution in [0.2, 0.25) is 0 Å². The van der Waals surface area contributed by atoms with Gasteiger partial charge in [0, 0.05) is 6.42 Å². The molecule has 0 N–H and O–H groups in total. The second-order valence-electron chi connectivity index (χ2n) is 5.55. The van der Waals surface area contributed by atoms with Gasteiger partial charge in [0.15, 0.2) is 0 Å². The SMILES string of the molecule is O=C/C=C/c1ccc(OC(=O)c2ccc(OCCCC(F)(F)F)cc2)cc1. The molecule has 142 valence electrons. The number of hydrogen-bond acceptors (Lipinski definition) is 4. The Morgan fingerprint density at radius 3 is 2.19 bits per heavy atom. The third kappa shape index (κ3) is 7.35. The van der Waals surface area contributed by atoms with Crippen molar-refractivity contribution >= 4 is 18.3 Å². The predicted molar refractivity (Wildman–Crippen MR) is 93.7 cm³/mol. The normalized spacial score (nSPS) is 11.4. The Labute approximate surface area is 154 Å². The van der Waals surface area contributed by atoms with Gasteiger partial charge in [0.05, 0.1) is 12.2 Å². The number of halogens is 3. The zero-order valence-electron chi connectivity index (χ0n) is 14.2. The van der Waals surface area contributed by atoms with Crippen molar-refractivity contribution in [1.82, 2.24) is 0 Å². The van der Waals surface area contributed by atoms with Gasteiger partial charge < -0.3 is 9.47 Å². The molecule has 0 amide bonds. The van der Waals surface area contributed by atoms with Crippen LogP contribution in [0.25, 0.3) is 6.08 Å². The predicted octanol–water partition coefficient (Wildman–Crippen LogP) is 4.84. The first-order chi connectivity index (χ1) is 12.9. The van der Waals surface area contributed by atoms with Crippen molar-refractivity contribution in [3.8, 4) is 11.5 Å². The number of ether oxygens (including phenoxy) is 2. The first-order valence-corrected chi connectivity index (χ1v) is 8.11. The molecule has 0 heterocycles. The molecule has 4 nitrogen and oxygen atoms in total. The molecule has 2 aromatic rings. The third-order valence-corrected chi connectivity index (χ3v) is 3.42. The molecule has 0 bridgehead atoms. The van der Waals surface area contributed by atoms with Crippen molar-refractivity contribution in [1.29, 1.82) is 0 Å². The van der Waals surface area contributed by atoms with Crippen molar-refractivity contribution in [2.45, 2.75) is 19.0 Å². The number of aldehydes is 1. The van der Waals surface area contributed by atoms with Crippen LogP contribution in [-0.4, -0.2) is 25.0 Å². The minimum atomic E-state index is -4.19. The lowest BCUT2D eigenvalue weighted by Crippen LogP contribution is -2.10. The van der Waals surface area contributed by atoms with Gasteiger partial charge in [-0.1, -0.05) is 18.2 Å². The second-order valence-corrected chi connectivity index (χ2v) is 5.55. The summed E-state index contributed by atoms with van der Waals surface area (Å²) in [6.45, 7) is -0.0613. The molecule has 0 aliphatic rings. The van der Waals surface area contributed by atoms with Crippen LogP contribution in [0.4, 0.5) is 13.2 Å². The van der Waals surface area contributed by atoms with Gasteiger partial charge in [0.1, 0.15) is 17.8 Å². The average Bonchev–Trinajstić information content (AvgIpc) is 2.64. The smallest absolute Gasteiger partial charge is 0.389 e. The molecule has 0 saturated carbocycles. The fourth-order valence-corrected chi connectivity index (χ4v) is 2.11. The molecular formula is C20H17F3O4. The van der Waals surface area contributed by atoms with E-state index in [4.69, 9.17) is 9.47 Å². The molecule has 0 atom stereocenters. The molecule has 0 aliphatic carbocycles. The summed E-state index contributed by atoms with van der Waals surface area (Å²) in [5.74, 6) is 0.144. The average molecular weight is 378 g/mol. The molecule has 0 unspecified atom stereocenters. The number of carbonyl (C=O) groups is 2. The van der Waals surface area contributed by atoms with Crippen LogP contribution in [0, 0.1) is 0 Å². The van der Waals surface area contributed by atoms with Crippen molar-refractivity contribution in [3.05, 3.63) is 65.7 Å². The standard InChI is InChI=1S/C20H17F3O4/c21-20(22,23)12-2-14-26-17-10-6-16(7-11-17)19(25)27-18-8-4-15(5-9-18)3-1-13-24/h1,3-11,13H,2,12,14H2/b3-1+. The largest absolute Gasteiger partial charge is 0.494 e. The van der Waals surface area contributed by atoms with E-state index >= 15 is 0 Å². The van der Waals surface area contributed by atoms with E-state index in [2.05, 4.69) is 0 Å². The Bertz CT molecular complexity index is 778. The molecule has 0 fully saturated rings. The number of hydrogen-bond donors (Lipinski definition) is 0. The molecule has 2 aromatic carbocycles. The summed E-state index contributed by atoms with van der Waals surface area (Å²) in [7, 11) is 0. The number of rotatable bonds is 8. The van der Waals surface area contributed by atoms with Crippen LogP contribution in [-0.2, 0) is 4.79 Å². The third-order valence-electron chi connectivity index (χ3n) is 3.42. The van der Waals surface area contributed by atoms with E-state index in [1.807, 2.05) is 0 Å². The second kappa shape index (κ2) is 9.56. The highest BCUT2D eigenvalue weighted by molar-refractivity contribution is 5.91. The monoisotopic (exact) mass is 378 g/mol. The van der Waals surface area contributed by atoms with Gasteiger partial charge in [-0.15, -0.1) is 0 Å². The maximum Gasteiger partial charge on any atom is 0.389 e. The summed E-state index contributed by atoms with van der Waals surface area (Å²) >= 11 is 0. The zero-order chi connectivity index (χ0) is 19.7. The van der Waals surface area contributed by atoms with E-state index < -0.39 is 18.6 Å². The van der Waals surface area contributed by atoms with Crippen molar-refractivity contribution in [3.63, 3.8) is 0 Å².